The Bertz CT molecular complexity index is 562. The van der Waals surface area contributed by atoms with Crippen LogP contribution in [-0.4, -0.2) is 0 Å². The third-order valence-corrected chi connectivity index (χ3v) is 3.04. The van der Waals surface area contributed by atoms with Gasteiger partial charge >= 0.3 is 0 Å². The molecule has 0 heterocycles. The summed E-state index contributed by atoms with van der Waals surface area (Å²) in [7, 11) is 0. The maximum absolute atomic E-state index is 4.18. The molecule has 1 aliphatic carbocycles. The summed E-state index contributed by atoms with van der Waals surface area (Å²) in [6, 6.07) is 15.0. The fourth-order valence-corrected chi connectivity index (χ4v) is 2.27. The van der Waals surface area contributed by atoms with E-state index in [0.717, 1.165) is 5.57 Å². The lowest BCUT2D eigenvalue weighted by Gasteiger charge is -2.01. The lowest BCUT2D eigenvalue weighted by atomic mass is 10.0. The Balaban J connectivity index is 2.38. The topological polar surface area (TPSA) is 0 Å². The number of benzene rings is 2. The van der Waals surface area contributed by atoms with E-state index in [1.54, 1.807) is 0 Å². The number of rotatable bonds is 0. The second kappa shape index (κ2) is 2.83. The summed E-state index contributed by atoms with van der Waals surface area (Å²) in [5, 5.41) is 0. The van der Waals surface area contributed by atoms with Gasteiger partial charge in [0.1, 0.15) is 0 Å². The lowest BCUT2D eigenvalue weighted by Crippen LogP contribution is -1.79. The Labute approximate surface area is 89.9 Å². The quantitative estimate of drug-likeness (QED) is 0.504. The van der Waals surface area contributed by atoms with Crippen molar-refractivity contribution >= 4 is 5.57 Å². The van der Waals surface area contributed by atoms with E-state index in [1.165, 1.54) is 27.8 Å². The molecule has 1 aliphatic rings. The fourth-order valence-electron chi connectivity index (χ4n) is 2.27. The first kappa shape index (κ1) is 8.49. The number of fused-ring (bicyclic) bond motifs is 3. The van der Waals surface area contributed by atoms with Crippen molar-refractivity contribution in [3.05, 3.63) is 65.7 Å². The van der Waals surface area contributed by atoms with E-state index in [-0.39, 0.29) is 0 Å². The zero-order valence-corrected chi connectivity index (χ0v) is 8.75. The lowest BCUT2D eigenvalue weighted by molar-refractivity contribution is 1.46. The molecule has 3 rings (SSSR count). The van der Waals surface area contributed by atoms with Gasteiger partial charge in [0.15, 0.2) is 0 Å². The van der Waals surface area contributed by atoms with Crippen LogP contribution in [0.1, 0.15) is 16.7 Å². The molecule has 0 aromatic heterocycles. The van der Waals surface area contributed by atoms with Gasteiger partial charge in [0.05, 0.1) is 0 Å². The van der Waals surface area contributed by atoms with Gasteiger partial charge in [-0.1, -0.05) is 54.6 Å². The van der Waals surface area contributed by atoms with E-state index in [4.69, 9.17) is 0 Å². The largest absolute Gasteiger partial charge is 0.0905 e. The zero-order chi connectivity index (χ0) is 10.4. The van der Waals surface area contributed by atoms with E-state index in [2.05, 4.69) is 56.0 Å². The van der Waals surface area contributed by atoms with Gasteiger partial charge in [0.25, 0.3) is 0 Å². The molecule has 2 aromatic rings. The van der Waals surface area contributed by atoms with Gasteiger partial charge in [-0.3, -0.25) is 0 Å². The van der Waals surface area contributed by atoms with Gasteiger partial charge in [-0.25, -0.2) is 0 Å². The van der Waals surface area contributed by atoms with Crippen molar-refractivity contribution < 1.29 is 0 Å². The molecular weight excluding hydrogens is 180 g/mol. The molecule has 15 heavy (non-hydrogen) atoms. The predicted octanol–water partition coefficient (Wildman–Crippen LogP) is 4.04. The van der Waals surface area contributed by atoms with Crippen LogP contribution in [0.25, 0.3) is 16.7 Å². The highest BCUT2D eigenvalue weighted by Crippen LogP contribution is 2.43. The first-order valence-corrected chi connectivity index (χ1v) is 5.17. The van der Waals surface area contributed by atoms with Gasteiger partial charge in [0.2, 0.25) is 0 Å². The van der Waals surface area contributed by atoms with Gasteiger partial charge in [-0.05, 0) is 34.8 Å². The smallest absolute Gasteiger partial charge is 0.00990 e. The first-order chi connectivity index (χ1) is 7.27. The van der Waals surface area contributed by atoms with Gasteiger partial charge in [-0.15, -0.1) is 0 Å². The number of hydrogen-bond acceptors (Lipinski definition) is 0. The number of hydrogen-bond donors (Lipinski definition) is 0. The molecule has 0 N–H and O–H groups in total. The second-order valence-corrected chi connectivity index (χ2v) is 4.07. The molecule has 0 atom stereocenters. The third kappa shape index (κ3) is 1.08. The minimum Gasteiger partial charge on any atom is -0.0905 e. The molecule has 0 heteroatoms. The van der Waals surface area contributed by atoms with Crippen LogP contribution in [0, 0.1) is 6.92 Å². The van der Waals surface area contributed by atoms with E-state index in [1.807, 2.05) is 0 Å². The van der Waals surface area contributed by atoms with E-state index < -0.39 is 0 Å². The zero-order valence-electron chi connectivity index (χ0n) is 8.75. The summed E-state index contributed by atoms with van der Waals surface area (Å²) >= 11 is 0. The molecule has 0 saturated heterocycles. The van der Waals surface area contributed by atoms with Crippen LogP contribution in [0.3, 0.4) is 0 Å². The van der Waals surface area contributed by atoms with Crippen LogP contribution in [0.2, 0.25) is 0 Å². The third-order valence-electron chi connectivity index (χ3n) is 3.04. The van der Waals surface area contributed by atoms with E-state index >= 15 is 0 Å². The molecular formula is C15H12. The predicted molar refractivity (Wildman–Crippen MR) is 64.8 cm³/mol. The Morgan fingerprint density at radius 3 is 2.27 bits per heavy atom. The van der Waals surface area contributed by atoms with Gasteiger partial charge < -0.3 is 0 Å². The maximum atomic E-state index is 4.18. The summed E-state index contributed by atoms with van der Waals surface area (Å²) in [6.45, 7) is 6.30. The Morgan fingerprint density at radius 1 is 0.800 bits per heavy atom. The van der Waals surface area contributed by atoms with Crippen molar-refractivity contribution in [3.63, 3.8) is 0 Å². The van der Waals surface area contributed by atoms with Crippen LogP contribution >= 0.6 is 0 Å². The Morgan fingerprint density at radius 2 is 1.47 bits per heavy atom. The van der Waals surface area contributed by atoms with E-state index in [0.29, 0.717) is 0 Å². The molecule has 0 nitrogen and oxygen atoms in total. The van der Waals surface area contributed by atoms with Crippen LogP contribution in [0.15, 0.2) is 49.0 Å². The van der Waals surface area contributed by atoms with Crippen molar-refractivity contribution in [2.45, 2.75) is 6.92 Å². The minimum atomic E-state index is 1.16. The molecule has 0 fully saturated rings. The van der Waals surface area contributed by atoms with Crippen LogP contribution in [-0.2, 0) is 0 Å². The molecule has 0 unspecified atom stereocenters. The normalized spacial score (nSPS) is 12.5. The van der Waals surface area contributed by atoms with Crippen molar-refractivity contribution in [2.75, 3.05) is 0 Å². The van der Waals surface area contributed by atoms with Crippen molar-refractivity contribution in [2.24, 2.45) is 0 Å². The van der Waals surface area contributed by atoms with Crippen LogP contribution in [0.5, 0.6) is 0 Å². The molecule has 0 amide bonds. The van der Waals surface area contributed by atoms with Crippen molar-refractivity contribution in [3.8, 4) is 11.1 Å². The molecule has 0 saturated carbocycles. The first-order valence-electron chi connectivity index (χ1n) is 5.17. The molecule has 0 spiro atoms. The highest BCUT2D eigenvalue weighted by Gasteiger charge is 2.20. The summed E-state index contributed by atoms with van der Waals surface area (Å²) in [5.74, 6) is 0. The highest BCUT2D eigenvalue weighted by atomic mass is 14.2. The summed E-state index contributed by atoms with van der Waals surface area (Å²) < 4.78 is 0. The van der Waals surface area contributed by atoms with E-state index in [9.17, 15) is 0 Å². The second-order valence-electron chi connectivity index (χ2n) is 4.07. The Hall–Kier alpha value is -1.82. The van der Waals surface area contributed by atoms with Gasteiger partial charge in [0, 0.05) is 0 Å². The van der Waals surface area contributed by atoms with Crippen LogP contribution < -0.4 is 0 Å². The molecule has 2 aromatic carbocycles. The monoisotopic (exact) mass is 192 g/mol. The van der Waals surface area contributed by atoms with Crippen LogP contribution in [0.4, 0.5) is 0 Å². The summed E-state index contributed by atoms with van der Waals surface area (Å²) in [6.07, 6.45) is 0. The van der Waals surface area contributed by atoms with Crippen molar-refractivity contribution in [1.29, 1.82) is 0 Å². The summed E-state index contributed by atoms with van der Waals surface area (Å²) in [4.78, 5) is 0. The molecule has 0 radical (unpaired) electrons. The average molecular weight is 192 g/mol. The maximum Gasteiger partial charge on any atom is -0.00990 e. The summed E-state index contributed by atoms with van der Waals surface area (Å²) in [5.41, 5.74) is 7.65. The number of aryl methyl sites for hydroxylation is 1. The standard InChI is InChI=1S/C15H12/c1-10-7-8-14-13-6-4-3-5-12(13)11(2)15(14)9-10/h3-9H,2H2,1H3. The molecule has 72 valence electrons. The highest BCUT2D eigenvalue weighted by molar-refractivity contribution is 6.00. The Kier molecular flexibility index (Phi) is 1.60. The minimum absolute atomic E-state index is 1.16. The SMILES string of the molecule is C=C1c2ccccc2-c2ccc(C)cc21. The van der Waals surface area contributed by atoms with Crippen molar-refractivity contribution in [1.82, 2.24) is 0 Å². The molecule has 0 bridgehead atoms. The fraction of sp³-hybridized carbons (Fsp3) is 0.0667. The average Bonchev–Trinajstić information content (AvgIpc) is 2.54. The molecule has 0 aliphatic heterocycles. The van der Waals surface area contributed by atoms with Gasteiger partial charge in [-0.2, -0.15) is 0 Å².